The number of hydrogen-bond donors (Lipinski definition) is 2. The number of aromatic nitrogens is 4. The van der Waals surface area contributed by atoms with Crippen molar-refractivity contribution in [1.29, 1.82) is 0 Å². The molecule has 2 N–H and O–H groups in total. The minimum absolute atomic E-state index is 0.199. The van der Waals surface area contributed by atoms with Gasteiger partial charge in [0.2, 0.25) is 0 Å². The van der Waals surface area contributed by atoms with Gasteiger partial charge in [0.25, 0.3) is 0 Å². The topological polar surface area (TPSA) is 77.9 Å². The largest absolute Gasteiger partial charge is 0.395 e. The summed E-state index contributed by atoms with van der Waals surface area (Å²) < 4.78 is 0. The third kappa shape index (κ3) is 1.42. The Labute approximate surface area is 75.9 Å². The van der Waals surface area contributed by atoms with E-state index in [0.717, 1.165) is 18.7 Å². The van der Waals surface area contributed by atoms with Gasteiger partial charge >= 0.3 is 0 Å². The van der Waals surface area contributed by atoms with E-state index in [1.165, 1.54) is 0 Å². The highest BCUT2D eigenvalue weighted by atomic mass is 16.3. The lowest BCUT2D eigenvalue weighted by molar-refractivity contribution is 0.153. The maximum Gasteiger partial charge on any atom is 0.191 e. The van der Waals surface area contributed by atoms with Gasteiger partial charge in [0.1, 0.15) is 0 Å². The van der Waals surface area contributed by atoms with Crippen molar-refractivity contribution in [2.75, 3.05) is 13.7 Å². The van der Waals surface area contributed by atoms with Gasteiger partial charge in [-0.1, -0.05) is 5.21 Å². The number of aliphatic hydroxyl groups excluding tert-OH is 1. The first-order valence-corrected chi connectivity index (χ1v) is 4.39. The second-order valence-electron chi connectivity index (χ2n) is 3.37. The quantitative estimate of drug-likeness (QED) is 0.635. The zero-order valence-corrected chi connectivity index (χ0v) is 7.51. The van der Waals surface area contributed by atoms with Crippen LogP contribution in [0.1, 0.15) is 24.7 Å². The normalized spacial score (nSPS) is 29.7. The summed E-state index contributed by atoms with van der Waals surface area (Å²) in [6, 6.07) is 0.444. The molecule has 1 saturated heterocycles. The molecular formula is C7H13N5O. The molecule has 0 aliphatic carbocycles. The Bertz CT molecular complexity index is 262. The summed E-state index contributed by atoms with van der Waals surface area (Å²) >= 11 is 0. The third-order valence-electron chi connectivity index (χ3n) is 2.71. The predicted molar refractivity (Wildman–Crippen MR) is 44.8 cm³/mol. The van der Waals surface area contributed by atoms with E-state index in [4.69, 9.17) is 5.11 Å². The number of nitrogens with zero attached hydrogens (tertiary/aromatic N) is 4. The monoisotopic (exact) mass is 183 g/mol. The molecule has 0 amide bonds. The van der Waals surface area contributed by atoms with Crippen molar-refractivity contribution in [2.45, 2.75) is 24.9 Å². The van der Waals surface area contributed by atoms with Gasteiger partial charge in [-0.15, -0.1) is 10.2 Å². The molecule has 1 aromatic rings. The van der Waals surface area contributed by atoms with Crippen LogP contribution in [0, 0.1) is 0 Å². The van der Waals surface area contributed by atoms with Crippen LogP contribution in [0.15, 0.2) is 0 Å². The van der Waals surface area contributed by atoms with E-state index in [0.29, 0.717) is 0 Å². The zero-order valence-electron chi connectivity index (χ0n) is 7.51. The fraction of sp³-hybridized carbons (Fsp3) is 0.857. The lowest BCUT2D eigenvalue weighted by Gasteiger charge is -2.21. The minimum Gasteiger partial charge on any atom is -0.395 e. The van der Waals surface area contributed by atoms with Gasteiger partial charge in [0, 0.05) is 6.04 Å². The molecule has 1 aliphatic rings. The number of hydrogen-bond acceptors (Lipinski definition) is 5. The van der Waals surface area contributed by atoms with E-state index in [9.17, 15) is 0 Å². The lowest BCUT2D eigenvalue weighted by Crippen LogP contribution is -2.30. The van der Waals surface area contributed by atoms with Crippen molar-refractivity contribution >= 4 is 0 Å². The molecule has 13 heavy (non-hydrogen) atoms. The average molecular weight is 183 g/mol. The molecule has 0 saturated carbocycles. The minimum atomic E-state index is 0.199. The summed E-state index contributed by atoms with van der Waals surface area (Å²) in [4.78, 5) is 2.10. The number of nitrogens with one attached hydrogen (secondary N) is 1. The summed E-state index contributed by atoms with van der Waals surface area (Å²) in [5.41, 5.74) is 0. The van der Waals surface area contributed by atoms with Crippen molar-refractivity contribution in [2.24, 2.45) is 0 Å². The highest BCUT2D eigenvalue weighted by molar-refractivity contribution is 4.96. The number of likely N-dealkylation sites (tertiary alicyclic amines) is 1. The fourth-order valence-electron chi connectivity index (χ4n) is 1.85. The molecule has 1 aliphatic heterocycles. The van der Waals surface area contributed by atoms with Crippen molar-refractivity contribution in [3.8, 4) is 0 Å². The van der Waals surface area contributed by atoms with E-state index in [-0.39, 0.29) is 18.7 Å². The van der Waals surface area contributed by atoms with E-state index in [2.05, 4.69) is 25.5 Å². The second kappa shape index (κ2) is 3.39. The van der Waals surface area contributed by atoms with E-state index in [1.54, 1.807) is 0 Å². The lowest BCUT2D eigenvalue weighted by atomic mass is 10.2. The molecule has 1 fully saturated rings. The van der Waals surface area contributed by atoms with Crippen LogP contribution in [0.5, 0.6) is 0 Å². The maximum atomic E-state index is 9.05. The van der Waals surface area contributed by atoms with Crippen LogP contribution in [0.2, 0.25) is 0 Å². The summed E-state index contributed by atoms with van der Waals surface area (Å²) in [5, 5.41) is 22.9. The van der Waals surface area contributed by atoms with Crippen molar-refractivity contribution in [1.82, 2.24) is 25.5 Å². The fourth-order valence-corrected chi connectivity index (χ4v) is 1.85. The Morgan fingerprint density at radius 2 is 2.46 bits per heavy atom. The highest BCUT2D eigenvalue weighted by Crippen LogP contribution is 2.31. The molecule has 2 atom stereocenters. The van der Waals surface area contributed by atoms with Crippen molar-refractivity contribution in [3.05, 3.63) is 5.82 Å². The number of aromatic amines is 1. The van der Waals surface area contributed by atoms with Crippen LogP contribution < -0.4 is 0 Å². The molecule has 0 aromatic carbocycles. The van der Waals surface area contributed by atoms with Crippen LogP contribution in [0.4, 0.5) is 0 Å². The summed E-state index contributed by atoms with van der Waals surface area (Å²) in [6.07, 6.45) is 1.98. The maximum absolute atomic E-state index is 9.05. The second-order valence-corrected chi connectivity index (χ2v) is 3.37. The first-order valence-electron chi connectivity index (χ1n) is 4.39. The number of likely N-dealkylation sites (N-methyl/N-ethyl adjacent to an activating group) is 1. The molecule has 6 heteroatoms. The van der Waals surface area contributed by atoms with Gasteiger partial charge in [0.05, 0.1) is 12.6 Å². The van der Waals surface area contributed by atoms with Crippen LogP contribution in [0.3, 0.4) is 0 Å². The summed E-state index contributed by atoms with van der Waals surface area (Å²) in [5.74, 6) is 0.721. The smallest absolute Gasteiger partial charge is 0.191 e. The Balaban J connectivity index is 2.11. The molecule has 1 aromatic heterocycles. The molecule has 0 bridgehead atoms. The van der Waals surface area contributed by atoms with Gasteiger partial charge in [-0.05, 0) is 19.9 Å². The number of tetrazole rings is 1. The molecule has 2 rings (SSSR count). The molecule has 72 valence electrons. The van der Waals surface area contributed by atoms with E-state index < -0.39 is 0 Å². The molecule has 0 unspecified atom stereocenters. The third-order valence-corrected chi connectivity index (χ3v) is 2.71. The number of H-pyrrole nitrogens is 1. The Morgan fingerprint density at radius 3 is 3.00 bits per heavy atom. The number of aliphatic hydroxyl groups is 1. The van der Waals surface area contributed by atoms with Crippen LogP contribution >= 0.6 is 0 Å². The van der Waals surface area contributed by atoms with Gasteiger partial charge < -0.3 is 5.11 Å². The van der Waals surface area contributed by atoms with Crippen LogP contribution in [-0.4, -0.2) is 50.3 Å². The van der Waals surface area contributed by atoms with E-state index in [1.807, 2.05) is 7.05 Å². The zero-order chi connectivity index (χ0) is 9.26. The molecule has 2 heterocycles. The Morgan fingerprint density at radius 1 is 1.62 bits per heavy atom. The SMILES string of the molecule is CN1[C@@H](CO)CC[C@@H]1c1nn[nH]n1. The first kappa shape index (κ1) is 8.58. The van der Waals surface area contributed by atoms with Gasteiger partial charge in [-0.25, -0.2) is 0 Å². The van der Waals surface area contributed by atoms with Crippen LogP contribution in [-0.2, 0) is 0 Å². The summed E-state index contributed by atoms with van der Waals surface area (Å²) in [6.45, 7) is 0.199. The van der Waals surface area contributed by atoms with E-state index >= 15 is 0 Å². The van der Waals surface area contributed by atoms with Gasteiger partial charge in [0.15, 0.2) is 5.82 Å². The highest BCUT2D eigenvalue weighted by Gasteiger charge is 2.33. The van der Waals surface area contributed by atoms with Gasteiger partial charge in [-0.2, -0.15) is 5.21 Å². The average Bonchev–Trinajstić information content (AvgIpc) is 2.72. The summed E-state index contributed by atoms with van der Waals surface area (Å²) in [7, 11) is 1.98. The molecular weight excluding hydrogens is 170 g/mol. The van der Waals surface area contributed by atoms with Gasteiger partial charge in [-0.3, -0.25) is 4.90 Å². The standard InChI is InChI=1S/C7H13N5O/c1-12-5(4-13)2-3-6(12)7-8-10-11-9-7/h5-6,13H,2-4H2,1H3,(H,8,9,10,11)/t5-,6-/m1/s1. The van der Waals surface area contributed by atoms with Crippen molar-refractivity contribution < 1.29 is 5.11 Å². The molecule has 0 radical (unpaired) electrons. The first-order chi connectivity index (χ1) is 6.33. The predicted octanol–water partition coefficient (Wildman–Crippen LogP) is -0.673. The number of rotatable bonds is 2. The molecule has 6 nitrogen and oxygen atoms in total. The Hall–Kier alpha value is -1.01. The Kier molecular flexibility index (Phi) is 2.24. The van der Waals surface area contributed by atoms with Crippen molar-refractivity contribution in [3.63, 3.8) is 0 Å². The molecule has 0 spiro atoms. The van der Waals surface area contributed by atoms with Crippen LogP contribution in [0.25, 0.3) is 0 Å².